The van der Waals surface area contributed by atoms with E-state index in [4.69, 9.17) is 23.2 Å². The molecule has 0 aromatic heterocycles. The van der Waals surface area contributed by atoms with Crippen LogP contribution in [0.25, 0.3) is 0 Å². The number of phenols is 1. The number of amides is 2. The van der Waals surface area contributed by atoms with Crippen molar-refractivity contribution in [1.82, 2.24) is 10.2 Å². The lowest BCUT2D eigenvalue weighted by Gasteiger charge is -2.45. The van der Waals surface area contributed by atoms with Crippen molar-refractivity contribution >= 4 is 35.0 Å². The summed E-state index contributed by atoms with van der Waals surface area (Å²) in [6, 6.07) is 2.06. The van der Waals surface area contributed by atoms with Crippen LogP contribution in [0.1, 0.15) is 38.2 Å². The molecule has 24 heavy (non-hydrogen) atoms. The van der Waals surface area contributed by atoms with Crippen LogP contribution in [0.3, 0.4) is 0 Å². The number of carbonyl (C=O) groups is 2. The Morgan fingerprint density at radius 2 is 2.00 bits per heavy atom. The number of benzene rings is 1. The number of hydrogen-bond donors (Lipinski definition) is 2. The van der Waals surface area contributed by atoms with E-state index in [-0.39, 0.29) is 29.4 Å². The van der Waals surface area contributed by atoms with E-state index in [2.05, 4.69) is 5.32 Å². The minimum atomic E-state index is -0.527. The second-order valence-electron chi connectivity index (χ2n) is 6.79. The fraction of sp³-hybridized carbons (Fsp3) is 0.529. The third-order valence-electron chi connectivity index (χ3n) is 4.94. The predicted octanol–water partition coefficient (Wildman–Crippen LogP) is 2.93. The van der Waals surface area contributed by atoms with E-state index in [1.54, 1.807) is 11.0 Å². The number of hydrogen-bond acceptors (Lipinski definition) is 3. The summed E-state index contributed by atoms with van der Waals surface area (Å²) in [5, 5.41) is 13.7. The van der Waals surface area contributed by atoms with Gasteiger partial charge in [-0.25, -0.2) is 0 Å². The summed E-state index contributed by atoms with van der Waals surface area (Å²) in [6.45, 7) is 4.30. The molecule has 0 spiro atoms. The monoisotopic (exact) mass is 370 g/mol. The van der Waals surface area contributed by atoms with Crippen LogP contribution in [0.5, 0.6) is 5.75 Å². The molecule has 0 saturated carbocycles. The summed E-state index contributed by atoms with van der Waals surface area (Å²) in [6.07, 6.45) is 1.06. The number of halogens is 2. The fourth-order valence-electron chi connectivity index (χ4n) is 3.63. The van der Waals surface area contributed by atoms with E-state index < -0.39 is 12.1 Å². The van der Waals surface area contributed by atoms with Crippen molar-refractivity contribution in [3.05, 3.63) is 27.7 Å². The van der Waals surface area contributed by atoms with Crippen molar-refractivity contribution in [2.24, 2.45) is 5.92 Å². The number of aromatic hydroxyl groups is 1. The molecule has 2 heterocycles. The summed E-state index contributed by atoms with van der Waals surface area (Å²) < 4.78 is 0. The number of phenolic OH excluding ortho intramolecular Hbond substituents is 1. The Morgan fingerprint density at radius 3 is 2.67 bits per heavy atom. The van der Waals surface area contributed by atoms with E-state index in [9.17, 15) is 14.7 Å². The number of nitrogens with one attached hydrogen (secondary N) is 1. The lowest BCUT2D eigenvalue weighted by molar-refractivity contribution is -0.152. The molecule has 3 rings (SSSR count). The van der Waals surface area contributed by atoms with E-state index in [1.165, 1.54) is 6.07 Å². The summed E-state index contributed by atoms with van der Waals surface area (Å²) >= 11 is 12.3. The van der Waals surface area contributed by atoms with Crippen molar-refractivity contribution in [3.8, 4) is 5.75 Å². The van der Waals surface area contributed by atoms with Crippen LogP contribution in [-0.4, -0.2) is 40.4 Å². The minimum absolute atomic E-state index is 0.0329. The van der Waals surface area contributed by atoms with Crippen molar-refractivity contribution in [1.29, 1.82) is 0 Å². The third-order valence-corrected chi connectivity index (χ3v) is 5.76. The Balaban J connectivity index is 1.87. The average molecular weight is 371 g/mol. The average Bonchev–Trinajstić information content (AvgIpc) is 2.54. The zero-order valence-corrected chi connectivity index (χ0v) is 15.1. The molecule has 5 nitrogen and oxygen atoms in total. The van der Waals surface area contributed by atoms with E-state index in [0.717, 1.165) is 0 Å². The molecule has 0 bridgehead atoms. The molecule has 0 radical (unpaired) electrons. The maximum Gasteiger partial charge on any atom is 0.246 e. The third kappa shape index (κ3) is 2.84. The van der Waals surface area contributed by atoms with Gasteiger partial charge in [0, 0.05) is 12.1 Å². The molecule has 2 aliphatic heterocycles. The van der Waals surface area contributed by atoms with Crippen molar-refractivity contribution < 1.29 is 14.7 Å². The molecule has 2 N–H and O–H groups in total. The molecule has 2 saturated heterocycles. The first-order valence-electron chi connectivity index (χ1n) is 8.09. The van der Waals surface area contributed by atoms with Gasteiger partial charge in [0.1, 0.15) is 17.8 Å². The van der Waals surface area contributed by atoms with Gasteiger partial charge in [0.05, 0.1) is 10.0 Å². The summed E-state index contributed by atoms with van der Waals surface area (Å²) in [4.78, 5) is 26.7. The van der Waals surface area contributed by atoms with Gasteiger partial charge in [-0.05, 0) is 36.8 Å². The SMILES string of the molecule is CC(C)[C@H]1NC(=O)[C@H]2C[C@@H](c3c(O)ccc(Cl)c3Cl)CCN2C1=O. The van der Waals surface area contributed by atoms with Gasteiger partial charge in [-0.2, -0.15) is 0 Å². The molecule has 130 valence electrons. The van der Waals surface area contributed by atoms with Crippen LogP contribution in [0, 0.1) is 5.92 Å². The van der Waals surface area contributed by atoms with E-state index >= 15 is 0 Å². The van der Waals surface area contributed by atoms with Crippen LogP contribution < -0.4 is 5.32 Å². The summed E-state index contributed by atoms with van der Waals surface area (Å²) in [7, 11) is 0. The maximum absolute atomic E-state index is 12.6. The molecule has 1 aromatic rings. The summed E-state index contributed by atoms with van der Waals surface area (Å²) in [5.74, 6) is -0.173. The lowest BCUT2D eigenvalue weighted by Crippen LogP contribution is -2.66. The number of fused-ring (bicyclic) bond motifs is 1. The van der Waals surface area contributed by atoms with Crippen LogP contribution in [0.15, 0.2) is 12.1 Å². The highest BCUT2D eigenvalue weighted by atomic mass is 35.5. The Hall–Kier alpha value is -1.46. The van der Waals surface area contributed by atoms with E-state index in [1.807, 2.05) is 13.8 Å². The van der Waals surface area contributed by atoms with Gasteiger partial charge < -0.3 is 15.3 Å². The van der Waals surface area contributed by atoms with Gasteiger partial charge in [0.15, 0.2) is 0 Å². The van der Waals surface area contributed by atoms with Crippen molar-refractivity contribution in [2.75, 3.05) is 6.54 Å². The molecule has 0 aliphatic carbocycles. The normalized spacial score (nSPS) is 27.2. The van der Waals surface area contributed by atoms with E-state index in [0.29, 0.717) is 35.0 Å². The van der Waals surface area contributed by atoms with Gasteiger partial charge in [-0.3, -0.25) is 9.59 Å². The first-order valence-corrected chi connectivity index (χ1v) is 8.84. The second kappa shape index (κ2) is 6.45. The standard InChI is InChI=1S/C17H20Cl2N2O3/c1-8(2)15-17(24)21-6-5-9(7-11(21)16(23)20-15)13-12(22)4-3-10(18)14(13)19/h3-4,8-9,11,15,22H,5-7H2,1-2H3,(H,20,23)/t9-,11+,15+/m0/s1. The first-order chi connectivity index (χ1) is 11.3. The van der Waals surface area contributed by atoms with Crippen LogP contribution >= 0.6 is 23.2 Å². The maximum atomic E-state index is 12.6. The number of piperidine rings is 1. The largest absolute Gasteiger partial charge is 0.508 e. The van der Waals surface area contributed by atoms with Crippen LogP contribution in [0.4, 0.5) is 0 Å². The molecule has 1 aromatic carbocycles. The smallest absolute Gasteiger partial charge is 0.246 e. The van der Waals surface area contributed by atoms with Gasteiger partial charge in [-0.15, -0.1) is 0 Å². The lowest BCUT2D eigenvalue weighted by atomic mass is 9.82. The molecule has 3 atom stereocenters. The van der Waals surface area contributed by atoms with Gasteiger partial charge in [0.25, 0.3) is 0 Å². The Morgan fingerprint density at radius 1 is 1.29 bits per heavy atom. The Bertz CT molecular complexity index is 693. The van der Waals surface area contributed by atoms with Crippen molar-refractivity contribution in [3.63, 3.8) is 0 Å². The highest BCUT2D eigenvalue weighted by molar-refractivity contribution is 6.42. The van der Waals surface area contributed by atoms with Gasteiger partial charge in [-0.1, -0.05) is 37.0 Å². The highest BCUT2D eigenvalue weighted by Crippen LogP contribution is 2.43. The van der Waals surface area contributed by atoms with Gasteiger partial charge >= 0.3 is 0 Å². The Labute approximate surface area is 150 Å². The first kappa shape index (κ1) is 17.4. The molecular formula is C17H20Cl2N2O3. The molecule has 2 aliphatic rings. The predicted molar refractivity (Wildman–Crippen MR) is 92.4 cm³/mol. The fourth-order valence-corrected chi connectivity index (χ4v) is 4.10. The van der Waals surface area contributed by atoms with Crippen LogP contribution in [0.2, 0.25) is 10.0 Å². The zero-order valence-electron chi connectivity index (χ0n) is 13.6. The summed E-state index contributed by atoms with van der Waals surface area (Å²) in [5.41, 5.74) is 0.565. The minimum Gasteiger partial charge on any atom is -0.508 e. The number of piperazine rings is 1. The molecule has 2 amide bonds. The molecule has 2 fully saturated rings. The van der Waals surface area contributed by atoms with Crippen LogP contribution in [-0.2, 0) is 9.59 Å². The zero-order chi connectivity index (χ0) is 17.6. The molecule has 0 unspecified atom stereocenters. The number of nitrogens with zero attached hydrogens (tertiary/aromatic N) is 1. The second-order valence-corrected chi connectivity index (χ2v) is 7.58. The topological polar surface area (TPSA) is 69.6 Å². The molecular weight excluding hydrogens is 351 g/mol. The quantitative estimate of drug-likeness (QED) is 0.840. The van der Waals surface area contributed by atoms with Gasteiger partial charge in [0.2, 0.25) is 11.8 Å². The molecule has 7 heteroatoms. The Kier molecular flexibility index (Phi) is 4.67. The van der Waals surface area contributed by atoms with Crippen molar-refractivity contribution in [2.45, 2.75) is 44.7 Å². The highest BCUT2D eigenvalue weighted by Gasteiger charge is 2.45. The number of carbonyl (C=O) groups excluding carboxylic acids is 2. The number of rotatable bonds is 2.